The van der Waals surface area contributed by atoms with E-state index in [0.29, 0.717) is 43.3 Å². The molecule has 32 heavy (non-hydrogen) atoms. The number of allylic oxidation sites excluding steroid dienone is 1. The molecule has 8 nitrogen and oxygen atoms in total. The van der Waals surface area contributed by atoms with Gasteiger partial charge >= 0.3 is 12.0 Å². The quantitative estimate of drug-likeness (QED) is 0.763. The molecule has 2 aromatic carbocycles. The summed E-state index contributed by atoms with van der Waals surface area (Å²) in [5, 5.41) is 12.1. The van der Waals surface area contributed by atoms with Crippen LogP contribution in [0.25, 0.3) is 0 Å². The summed E-state index contributed by atoms with van der Waals surface area (Å²) in [7, 11) is 0. The van der Waals surface area contributed by atoms with Crippen LogP contribution < -0.4 is 10.2 Å². The topological polar surface area (TPSA) is 99.2 Å². The normalized spacial score (nSPS) is 19.1. The zero-order chi connectivity index (χ0) is 22.8. The summed E-state index contributed by atoms with van der Waals surface area (Å²) in [5.41, 5.74) is 1.40. The molecule has 0 aromatic heterocycles. The van der Waals surface area contributed by atoms with Gasteiger partial charge in [0, 0.05) is 18.8 Å². The van der Waals surface area contributed by atoms with Gasteiger partial charge in [-0.2, -0.15) is 0 Å². The fraction of sp³-hybridized carbons (Fsp3) is 0.261. The van der Waals surface area contributed by atoms with E-state index in [0.717, 1.165) is 0 Å². The molecule has 0 bridgehead atoms. The van der Waals surface area contributed by atoms with Crippen LogP contribution in [0.5, 0.6) is 0 Å². The SMILES string of the molecule is CC1=C(C(=O)N2CCOCC2)C(c2cccc(F)c2)NC(=O)N1c1cccc(C(=O)O)c1. The van der Waals surface area contributed by atoms with Crippen LogP contribution in [0.1, 0.15) is 28.9 Å². The van der Waals surface area contributed by atoms with Gasteiger partial charge in [0.15, 0.2) is 0 Å². The maximum Gasteiger partial charge on any atom is 0.335 e. The number of anilines is 1. The van der Waals surface area contributed by atoms with Crippen LogP contribution in [0.4, 0.5) is 14.9 Å². The molecule has 0 saturated carbocycles. The van der Waals surface area contributed by atoms with Crippen molar-refractivity contribution in [2.75, 3.05) is 31.2 Å². The number of carboxylic acid groups (broad SMARTS) is 1. The Bertz CT molecular complexity index is 1110. The second kappa shape index (κ2) is 8.80. The number of aromatic carboxylic acids is 1. The monoisotopic (exact) mass is 439 g/mol. The first-order valence-corrected chi connectivity index (χ1v) is 10.1. The molecule has 2 aliphatic heterocycles. The Hall–Kier alpha value is -3.72. The molecule has 1 fully saturated rings. The third-order valence-electron chi connectivity index (χ3n) is 5.55. The van der Waals surface area contributed by atoms with Crippen LogP contribution in [-0.4, -0.2) is 54.2 Å². The molecule has 0 aliphatic carbocycles. The highest BCUT2D eigenvalue weighted by Crippen LogP contribution is 2.35. The fourth-order valence-corrected chi connectivity index (χ4v) is 3.98. The number of ether oxygens (including phenoxy) is 1. The smallest absolute Gasteiger partial charge is 0.335 e. The van der Waals surface area contributed by atoms with Crippen LogP contribution in [0.2, 0.25) is 0 Å². The average molecular weight is 439 g/mol. The Labute approximate surface area is 183 Å². The first kappa shape index (κ1) is 21.5. The van der Waals surface area contributed by atoms with Crippen molar-refractivity contribution in [3.63, 3.8) is 0 Å². The van der Waals surface area contributed by atoms with Crippen molar-refractivity contribution in [3.05, 3.63) is 76.7 Å². The number of carbonyl (C=O) groups is 3. The van der Waals surface area contributed by atoms with Crippen molar-refractivity contribution < 1.29 is 28.6 Å². The molecule has 4 rings (SSSR count). The van der Waals surface area contributed by atoms with E-state index in [1.807, 2.05) is 0 Å². The van der Waals surface area contributed by atoms with Gasteiger partial charge in [0.05, 0.1) is 36.1 Å². The zero-order valence-electron chi connectivity index (χ0n) is 17.4. The van der Waals surface area contributed by atoms with Gasteiger partial charge in [0.2, 0.25) is 0 Å². The average Bonchev–Trinajstić information content (AvgIpc) is 2.79. The molecule has 2 aliphatic rings. The second-order valence-corrected chi connectivity index (χ2v) is 7.53. The van der Waals surface area contributed by atoms with Gasteiger partial charge in [0.1, 0.15) is 5.82 Å². The molecule has 1 unspecified atom stereocenters. The number of carbonyl (C=O) groups excluding carboxylic acids is 2. The number of urea groups is 1. The van der Waals surface area contributed by atoms with Gasteiger partial charge in [-0.05, 0) is 42.8 Å². The van der Waals surface area contributed by atoms with Crippen LogP contribution in [-0.2, 0) is 9.53 Å². The lowest BCUT2D eigenvalue weighted by Crippen LogP contribution is -2.51. The van der Waals surface area contributed by atoms with Gasteiger partial charge in [-0.3, -0.25) is 9.69 Å². The molecular weight excluding hydrogens is 417 g/mol. The third kappa shape index (κ3) is 4.06. The van der Waals surface area contributed by atoms with E-state index in [1.54, 1.807) is 24.0 Å². The summed E-state index contributed by atoms with van der Waals surface area (Å²) in [6, 6.07) is 10.2. The molecule has 0 spiro atoms. The van der Waals surface area contributed by atoms with E-state index in [1.165, 1.54) is 41.3 Å². The Morgan fingerprint density at radius 2 is 1.84 bits per heavy atom. The molecule has 2 N–H and O–H groups in total. The van der Waals surface area contributed by atoms with Crippen molar-refractivity contribution in [2.24, 2.45) is 0 Å². The molecule has 2 heterocycles. The summed E-state index contributed by atoms with van der Waals surface area (Å²) in [4.78, 5) is 40.9. The Morgan fingerprint density at radius 3 is 2.53 bits per heavy atom. The minimum Gasteiger partial charge on any atom is -0.478 e. The lowest BCUT2D eigenvalue weighted by Gasteiger charge is -2.38. The number of rotatable bonds is 4. The van der Waals surface area contributed by atoms with Crippen molar-refractivity contribution in [1.29, 1.82) is 0 Å². The molecule has 1 saturated heterocycles. The first-order chi connectivity index (χ1) is 15.4. The maximum atomic E-state index is 14.0. The first-order valence-electron chi connectivity index (χ1n) is 10.1. The minimum absolute atomic E-state index is 0.0106. The second-order valence-electron chi connectivity index (χ2n) is 7.53. The number of carboxylic acids is 1. The van der Waals surface area contributed by atoms with Gasteiger partial charge in [0.25, 0.3) is 5.91 Å². The highest BCUT2D eigenvalue weighted by molar-refractivity contribution is 6.05. The Morgan fingerprint density at radius 1 is 1.12 bits per heavy atom. The zero-order valence-corrected chi connectivity index (χ0v) is 17.4. The predicted molar refractivity (Wildman–Crippen MR) is 114 cm³/mol. The van der Waals surface area contributed by atoms with E-state index >= 15 is 0 Å². The minimum atomic E-state index is -1.13. The van der Waals surface area contributed by atoms with E-state index < -0.39 is 23.9 Å². The fourth-order valence-electron chi connectivity index (χ4n) is 3.98. The summed E-state index contributed by atoms with van der Waals surface area (Å²) < 4.78 is 19.3. The number of hydrogen-bond donors (Lipinski definition) is 2. The summed E-state index contributed by atoms with van der Waals surface area (Å²) in [6.07, 6.45) is 0. The van der Waals surface area contributed by atoms with E-state index in [2.05, 4.69) is 5.32 Å². The van der Waals surface area contributed by atoms with Gasteiger partial charge in [-0.15, -0.1) is 0 Å². The Balaban J connectivity index is 1.83. The summed E-state index contributed by atoms with van der Waals surface area (Å²) in [5.74, 6) is -1.91. The van der Waals surface area contributed by atoms with E-state index in [9.17, 15) is 23.9 Å². The lowest BCUT2D eigenvalue weighted by molar-refractivity contribution is -0.131. The number of amides is 3. The van der Waals surface area contributed by atoms with Crippen molar-refractivity contribution in [2.45, 2.75) is 13.0 Å². The summed E-state index contributed by atoms with van der Waals surface area (Å²) >= 11 is 0. The maximum absolute atomic E-state index is 14.0. The predicted octanol–water partition coefficient (Wildman–Crippen LogP) is 2.93. The van der Waals surface area contributed by atoms with Crippen molar-refractivity contribution in [3.8, 4) is 0 Å². The standard InChI is InChI=1S/C23H22FN3O5/c1-14-19(21(28)26-8-10-32-11-9-26)20(15-4-2-6-17(24)12-15)25-23(31)27(14)18-7-3-5-16(13-18)22(29)30/h2-7,12-13,20H,8-11H2,1H3,(H,25,31)(H,29,30). The van der Waals surface area contributed by atoms with Gasteiger partial charge in [-0.1, -0.05) is 18.2 Å². The molecule has 3 amide bonds. The lowest BCUT2D eigenvalue weighted by atomic mass is 9.93. The van der Waals surface area contributed by atoms with Crippen LogP contribution in [0, 0.1) is 5.82 Å². The van der Waals surface area contributed by atoms with Crippen LogP contribution in [0.15, 0.2) is 59.8 Å². The van der Waals surface area contributed by atoms with Gasteiger partial charge in [-0.25, -0.2) is 14.0 Å². The third-order valence-corrected chi connectivity index (χ3v) is 5.55. The number of nitrogens with one attached hydrogen (secondary N) is 1. The Kier molecular flexibility index (Phi) is 5.91. The summed E-state index contributed by atoms with van der Waals surface area (Å²) in [6.45, 7) is 3.23. The van der Waals surface area contributed by atoms with Crippen LogP contribution in [0.3, 0.4) is 0 Å². The molecule has 2 aromatic rings. The molecule has 166 valence electrons. The van der Waals surface area contributed by atoms with Gasteiger partial charge < -0.3 is 20.1 Å². The number of halogens is 1. The molecule has 1 atom stereocenters. The van der Waals surface area contributed by atoms with E-state index in [-0.39, 0.29) is 17.0 Å². The van der Waals surface area contributed by atoms with Crippen LogP contribution >= 0.6 is 0 Å². The molecule has 0 radical (unpaired) electrons. The molecule has 9 heteroatoms. The largest absolute Gasteiger partial charge is 0.478 e. The number of morpholine rings is 1. The van der Waals surface area contributed by atoms with Crippen molar-refractivity contribution >= 4 is 23.6 Å². The van der Waals surface area contributed by atoms with E-state index in [4.69, 9.17) is 4.74 Å². The highest BCUT2D eigenvalue weighted by atomic mass is 19.1. The molecular formula is C23H22FN3O5. The highest BCUT2D eigenvalue weighted by Gasteiger charge is 2.38. The number of hydrogen-bond acceptors (Lipinski definition) is 4. The van der Waals surface area contributed by atoms with Crippen molar-refractivity contribution in [1.82, 2.24) is 10.2 Å². The number of benzene rings is 2. The number of nitrogens with zero attached hydrogens (tertiary/aromatic N) is 2.